The second-order valence-electron chi connectivity index (χ2n) is 6.54. The monoisotopic (exact) mass is 423 g/mol. The van der Waals surface area contributed by atoms with Gasteiger partial charge in [0.05, 0.1) is 27.8 Å². The van der Waals surface area contributed by atoms with Gasteiger partial charge in [0.25, 0.3) is 0 Å². The summed E-state index contributed by atoms with van der Waals surface area (Å²) in [5.74, 6) is -0.181. The Morgan fingerprint density at radius 3 is 2.92 bits per heavy atom. The molecule has 0 saturated carbocycles. The number of rotatable bonds is 4. The second kappa shape index (κ2) is 7.53. The first kappa shape index (κ1) is 18.5. The van der Waals surface area contributed by atoms with Crippen LogP contribution >= 0.6 is 15.9 Å². The third kappa shape index (κ3) is 3.62. The van der Waals surface area contributed by atoms with Crippen LogP contribution in [0, 0.1) is 5.92 Å². The maximum Gasteiger partial charge on any atom is 0.407 e. The molecule has 2 aromatic heterocycles. The van der Waals surface area contributed by atoms with Crippen LogP contribution in [0.4, 0.5) is 16.2 Å². The molecule has 8 nitrogen and oxygen atoms in total. The van der Waals surface area contributed by atoms with Crippen LogP contribution in [0.25, 0.3) is 11.0 Å². The molecule has 2 amide bonds. The average molecular weight is 424 g/mol. The molecule has 140 valence electrons. The molecule has 2 aromatic rings. The summed E-state index contributed by atoms with van der Waals surface area (Å²) >= 11 is 3.58. The van der Waals surface area contributed by atoms with Gasteiger partial charge in [0.2, 0.25) is 5.91 Å². The molecule has 1 unspecified atom stereocenters. The summed E-state index contributed by atoms with van der Waals surface area (Å²) in [5.41, 5.74) is 2.31. The van der Waals surface area contributed by atoms with E-state index in [0.717, 1.165) is 28.5 Å². The fraction of sp³-hybridized carbons (Fsp3) is 0.471. The Bertz CT molecular complexity index is 835. The van der Waals surface area contributed by atoms with Gasteiger partial charge in [0.1, 0.15) is 11.8 Å². The highest BCUT2D eigenvalue weighted by molar-refractivity contribution is 9.10. The smallest absolute Gasteiger partial charge is 0.407 e. The van der Waals surface area contributed by atoms with Crippen molar-refractivity contribution in [3.63, 3.8) is 0 Å². The Morgan fingerprint density at radius 2 is 2.23 bits per heavy atom. The van der Waals surface area contributed by atoms with Gasteiger partial charge >= 0.3 is 6.09 Å². The van der Waals surface area contributed by atoms with E-state index in [0.29, 0.717) is 17.9 Å². The Labute approximate surface area is 159 Å². The molecule has 1 atom stereocenters. The van der Waals surface area contributed by atoms with E-state index >= 15 is 0 Å². The third-order valence-electron chi connectivity index (χ3n) is 4.35. The lowest BCUT2D eigenvalue weighted by Crippen LogP contribution is -2.29. The van der Waals surface area contributed by atoms with Gasteiger partial charge in [-0.1, -0.05) is 13.8 Å². The lowest BCUT2D eigenvalue weighted by molar-refractivity contribution is -0.118. The summed E-state index contributed by atoms with van der Waals surface area (Å²) in [6.07, 6.45) is 3.61. The van der Waals surface area contributed by atoms with Crippen molar-refractivity contribution in [2.24, 2.45) is 5.92 Å². The summed E-state index contributed by atoms with van der Waals surface area (Å²) in [4.78, 5) is 33.2. The Hall–Kier alpha value is -2.29. The molecular weight excluding hydrogens is 402 g/mol. The fourth-order valence-electron chi connectivity index (χ4n) is 2.98. The minimum absolute atomic E-state index is 0.0564. The maximum absolute atomic E-state index is 12.1. The molecule has 1 aliphatic rings. The van der Waals surface area contributed by atoms with Crippen molar-refractivity contribution in [2.45, 2.75) is 26.4 Å². The van der Waals surface area contributed by atoms with Crippen LogP contribution in [0.3, 0.4) is 0 Å². The topological polar surface area (TPSA) is 99.3 Å². The zero-order chi connectivity index (χ0) is 18.8. The largest absolute Gasteiger partial charge is 0.444 e. The van der Waals surface area contributed by atoms with E-state index in [2.05, 4.69) is 41.4 Å². The number of hydrogen-bond acceptors (Lipinski definition) is 5. The third-order valence-corrected chi connectivity index (χ3v) is 4.93. The number of nitrogens with zero attached hydrogens (tertiary/aromatic N) is 2. The molecule has 26 heavy (non-hydrogen) atoms. The van der Waals surface area contributed by atoms with Gasteiger partial charge in [0.15, 0.2) is 0 Å². The van der Waals surface area contributed by atoms with Gasteiger partial charge in [-0.2, -0.15) is 0 Å². The number of halogens is 1. The highest BCUT2D eigenvalue weighted by atomic mass is 79.9. The van der Waals surface area contributed by atoms with Crippen molar-refractivity contribution in [1.29, 1.82) is 0 Å². The van der Waals surface area contributed by atoms with Crippen LogP contribution < -0.4 is 15.5 Å². The van der Waals surface area contributed by atoms with E-state index in [-0.39, 0.29) is 17.9 Å². The lowest BCUT2D eigenvalue weighted by Gasteiger charge is -2.22. The molecule has 1 saturated heterocycles. The SMILES string of the molecule is CNC(=O)OC1CCN(c2c(Br)cnc3[nH]cc(NC(=O)C(C)C)c23)C1. The number of anilines is 2. The average Bonchev–Trinajstić information content (AvgIpc) is 3.22. The predicted octanol–water partition coefficient (Wildman–Crippen LogP) is 2.85. The van der Waals surface area contributed by atoms with E-state index in [9.17, 15) is 9.59 Å². The zero-order valence-corrected chi connectivity index (χ0v) is 16.5. The minimum Gasteiger partial charge on any atom is -0.444 e. The number of carbonyl (C=O) groups is 2. The summed E-state index contributed by atoms with van der Waals surface area (Å²) in [6.45, 7) is 5.01. The molecule has 1 aliphatic heterocycles. The molecule has 3 rings (SSSR count). The molecule has 9 heteroatoms. The van der Waals surface area contributed by atoms with Crippen molar-refractivity contribution in [2.75, 3.05) is 30.4 Å². The molecule has 0 spiro atoms. The first-order valence-electron chi connectivity index (χ1n) is 8.50. The van der Waals surface area contributed by atoms with E-state index < -0.39 is 6.09 Å². The van der Waals surface area contributed by atoms with E-state index in [1.807, 2.05) is 13.8 Å². The minimum atomic E-state index is -0.428. The number of pyridine rings is 1. The molecule has 0 radical (unpaired) electrons. The highest BCUT2D eigenvalue weighted by Gasteiger charge is 2.29. The maximum atomic E-state index is 12.1. The predicted molar refractivity (Wildman–Crippen MR) is 103 cm³/mol. The van der Waals surface area contributed by atoms with Crippen molar-refractivity contribution < 1.29 is 14.3 Å². The van der Waals surface area contributed by atoms with Crippen LogP contribution in [0.5, 0.6) is 0 Å². The molecule has 0 bridgehead atoms. The molecule has 0 aromatic carbocycles. The van der Waals surface area contributed by atoms with E-state index in [1.165, 1.54) is 0 Å². The van der Waals surface area contributed by atoms with E-state index in [4.69, 9.17) is 4.74 Å². The van der Waals surface area contributed by atoms with Gasteiger partial charge in [-0.05, 0) is 15.9 Å². The Kier molecular flexibility index (Phi) is 5.36. The molecular formula is C17H22BrN5O3. The summed E-state index contributed by atoms with van der Waals surface area (Å²) in [6, 6.07) is 0. The van der Waals surface area contributed by atoms with Crippen molar-refractivity contribution in [3.8, 4) is 0 Å². The van der Waals surface area contributed by atoms with Crippen LogP contribution in [0.15, 0.2) is 16.9 Å². The van der Waals surface area contributed by atoms with Gasteiger partial charge in [0, 0.05) is 38.3 Å². The quantitative estimate of drug-likeness (QED) is 0.701. The number of nitrogens with one attached hydrogen (secondary N) is 3. The summed E-state index contributed by atoms with van der Waals surface area (Å²) < 4.78 is 6.20. The van der Waals surface area contributed by atoms with Crippen molar-refractivity contribution in [1.82, 2.24) is 15.3 Å². The van der Waals surface area contributed by atoms with Crippen molar-refractivity contribution in [3.05, 3.63) is 16.9 Å². The number of aromatic nitrogens is 2. The molecule has 3 heterocycles. The Morgan fingerprint density at radius 1 is 1.46 bits per heavy atom. The van der Waals surface area contributed by atoms with E-state index in [1.54, 1.807) is 19.4 Å². The second-order valence-corrected chi connectivity index (χ2v) is 7.39. The number of H-pyrrole nitrogens is 1. The lowest BCUT2D eigenvalue weighted by atomic mass is 10.2. The van der Waals surface area contributed by atoms with Crippen LogP contribution in [-0.2, 0) is 9.53 Å². The van der Waals surface area contributed by atoms with Crippen LogP contribution in [-0.4, -0.2) is 48.2 Å². The molecule has 0 aliphatic carbocycles. The number of ether oxygens (including phenoxy) is 1. The Balaban J connectivity index is 1.93. The molecule has 1 fully saturated rings. The number of carbonyl (C=O) groups excluding carboxylic acids is 2. The van der Waals surface area contributed by atoms with Gasteiger partial charge < -0.3 is 25.3 Å². The number of fused-ring (bicyclic) bond motifs is 1. The van der Waals surface area contributed by atoms with Crippen LogP contribution in [0.1, 0.15) is 20.3 Å². The highest BCUT2D eigenvalue weighted by Crippen LogP contribution is 2.39. The van der Waals surface area contributed by atoms with Crippen molar-refractivity contribution >= 4 is 50.3 Å². The number of hydrogen-bond donors (Lipinski definition) is 3. The molecule has 3 N–H and O–H groups in total. The summed E-state index contributed by atoms with van der Waals surface area (Å²) in [7, 11) is 1.54. The fourth-order valence-corrected chi connectivity index (χ4v) is 3.53. The zero-order valence-electron chi connectivity index (χ0n) is 14.9. The normalized spacial score (nSPS) is 17.0. The number of amides is 2. The first-order valence-corrected chi connectivity index (χ1v) is 9.29. The standard InChI is InChI=1S/C17H22BrN5O3/c1-9(2)16(24)22-12-7-21-15-13(12)14(11(18)6-20-15)23-5-4-10(8-23)26-17(25)19-3/h6-7,9-10H,4-5,8H2,1-3H3,(H,19,25)(H,20,21)(H,22,24). The van der Waals surface area contributed by atoms with Gasteiger partial charge in [-0.15, -0.1) is 0 Å². The van der Waals surface area contributed by atoms with Crippen LogP contribution in [0.2, 0.25) is 0 Å². The van der Waals surface area contributed by atoms with Gasteiger partial charge in [-0.25, -0.2) is 9.78 Å². The summed E-state index contributed by atoms with van der Waals surface area (Å²) in [5, 5.41) is 6.27. The number of alkyl carbamates (subject to hydrolysis) is 1. The number of aromatic amines is 1. The first-order chi connectivity index (χ1) is 12.4. The van der Waals surface area contributed by atoms with Gasteiger partial charge in [-0.3, -0.25) is 4.79 Å².